The Morgan fingerprint density at radius 3 is 2.53 bits per heavy atom. The van der Waals surface area contributed by atoms with E-state index in [4.69, 9.17) is 18.9 Å². The summed E-state index contributed by atoms with van der Waals surface area (Å²) in [5.74, 6) is 2.22. The largest absolute Gasteiger partial charge is 0.460 e. The minimum Gasteiger partial charge on any atom is -0.460 e. The first-order valence-corrected chi connectivity index (χ1v) is 17.5. The maximum Gasteiger partial charge on any atom is 0.303 e. The van der Waals surface area contributed by atoms with Crippen molar-refractivity contribution >= 4 is 11.9 Å². The van der Waals surface area contributed by atoms with Crippen molar-refractivity contribution in [3.8, 4) is 0 Å². The molecule has 0 aromatic carbocycles. The molecule has 5 rings (SSSR count). The molecule has 1 aliphatic heterocycles. The van der Waals surface area contributed by atoms with Gasteiger partial charge in [0, 0.05) is 19.3 Å². The van der Waals surface area contributed by atoms with Crippen molar-refractivity contribution in [2.45, 2.75) is 148 Å². The van der Waals surface area contributed by atoms with E-state index in [9.17, 15) is 24.9 Å². The second-order valence-corrected chi connectivity index (χ2v) is 15.9. The molecule has 45 heavy (non-hydrogen) atoms. The molecule has 3 N–H and O–H groups in total. The quantitative estimate of drug-likeness (QED) is 0.222. The third kappa shape index (κ3) is 6.89. The molecule has 256 valence electrons. The van der Waals surface area contributed by atoms with Crippen molar-refractivity contribution in [1.82, 2.24) is 0 Å². The number of esters is 2. The topological polar surface area (TPSA) is 132 Å². The van der Waals surface area contributed by atoms with E-state index in [-0.39, 0.29) is 30.7 Å². The Hall–Kier alpha value is -1.52. The lowest BCUT2D eigenvalue weighted by atomic mass is 9.46. The lowest BCUT2D eigenvalue weighted by molar-refractivity contribution is -0.289. The van der Waals surface area contributed by atoms with Gasteiger partial charge in [-0.05, 0) is 113 Å². The standard InChI is InChI=1S/C36H58O9/c1-21(8-7-15-34(4,5)45-23(3)39)27-11-12-28-26-10-9-24-18-25(13-17-36(24,20-37)29(26)14-16-35(27,28)6)44-33-32(43-22(2)38)31(41)30(40)19-42-33/h9,21,25-33,37,40-41H,7-8,10-20H2,1-6H3/t21-,25+,26+,27-,28+,29+,30-,31-,32+,33+,35-,36-/m1/s1. The van der Waals surface area contributed by atoms with Crippen LogP contribution in [0.1, 0.15) is 112 Å². The zero-order chi connectivity index (χ0) is 32.7. The zero-order valence-electron chi connectivity index (χ0n) is 28.3. The van der Waals surface area contributed by atoms with Crippen molar-refractivity contribution < 1.29 is 43.9 Å². The molecule has 0 aromatic heterocycles. The van der Waals surface area contributed by atoms with Crippen LogP contribution < -0.4 is 0 Å². The van der Waals surface area contributed by atoms with E-state index in [0.717, 1.165) is 44.9 Å². The fourth-order valence-corrected chi connectivity index (χ4v) is 10.7. The SMILES string of the molecule is CC(=O)O[C@@H]1[C@H](O[C@H]2CC[C@@]3(CO)C(=CC[C@@H]4[C@@H]3CC[C@]3(C)[C@@H]([C@H](C)CCCC(C)(C)OC(C)=O)CC[C@@H]43)C2)OC[C@@H](O)[C@H]1O. The van der Waals surface area contributed by atoms with Gasteiger partial charge in [-0.3, -0.25) is 9.59 Å². The molecule has 0 radical (unpaired) electrons. The van der Waals surface area contributed by atoms with Gasteiger partial charge in [-0.1, -0.05) is 31.9 Å². The van der Waals surface area contributed by atoms with Crippen LogP contribution in [0.4, 0.5) is 0 Å². The molecule has 4 aliphatic carbocycles. The van der Waals surface area contributed by atoms with Gasteiger partial charge in [0.15, 0.2) is 12.4 Å². The van der Waals surface area contributed by atoms with E-state index < -0.39 is 36.2 Å². The number of aliphatic hydroxyl groups is 3. The van der Waals surface area contributed by atoms with Crippen LogP contribution in [0.3, 0.4) is 0 Å². The van der Waals surface area contributed by atoms with Crippen LogP contribution in [-0.4, -0.2) is 76.8 Å². The maximum atomic E-state index is 11.7. The summed E-state index contributed by atoms with van der Waals surface area (Å²) < 4.78 is 22.8. The number of carbonyl (C=O) groups is 2. The Labute approximate surface area is 269 Å². The second kappa shape index (κ2) is 13.5. The first-order valence-electron chi connectivity index (χ1n) is 17.5. The molecular weight excluding hydrogens is 576 g/mol. The van der Waals surface area contributed by atoms with Gasteiger partial charge in [0.25, 0.3) is 0 Å². The summed E-state index contributed by atoms with van der Waals surface area (Å²) in [6, 6.07) is 0. The highest BCUT2D eigenvalue weighted by Gasteiger charge is 2.60. The fraction of sp³-hybridized carbons (Fsp3) is 0.889. The van der Waals surface area contributed by atoms with Gasteiger partial charge >= 0.3 is 11.9 Å². The fourth-order valence-electron chi connectivity index (χ4n) is 10.7. The summed E-state index contributed by atoms with van der Waals surface area (Å²) in [5.41, 5.74) is 0.945. The molecule has 12 atom stereocenters. The highest BCUT2D eigenvalue weighted by molar-refractivity contribution is 5.66. The smallest absolute Gasteiger partial charge is 0.303 e. The molecule has 1 heterocycles. The van der Waals surface area contributed by atoms with Gasteiger partial charge in [0.05, 0.1) is 19.3 Å². The molecule has 4 fully saturated rings. The molecular formula is C36H58O9. The molecule has 9 heteroatoms. The van der Waals surface area contributed by atoms with Gasteiger partial charge in [-0.15, -0.1) is 0 Å². The van der Waals surface area contributed by atoms with E-state index in [1.165, 1.54) is 38.7 Å². The van der Waals surface area contributed by atoms with E-state index in [2.05, 4.69) is 19.9 Å². The number of fused-ring (bicyclic) bond motifs is 5. The van der Waals surface area contributed by atoms with Gasteiger partial charge < -0.3 is 34.3 Å². The first-order chi connectivity index (χ1) is 21.2. The predicted molar refractivity (Wildman–Crippen MR) is 168 cm³/mol. The van der Waals surface area contributed by atoms with E-state index >= 15 is 0 Å². The van der Waals surface area contributed by atoms with Crippen molar-refractivity contribution in [2.24, 2.45) is 40.4 Å². The van der Waals surface area contributed by atoms with Crippen LogP contribution >= 0.6 is 0 Å². The summed E-state index contributed by atoms with van der Waals surface area (Å²) >= 11 is 0. The Bertz CT molecular complexity index is 1100. The van der Waals surface area contributed by atoms with Crippen LogP contribution in [0.2, 0.25) is 0 Å². The van der Waals surface area contributed by atoms with Crippen LogP contribution in [-0.2, 0) is 28.5 Å². The zero-order valence-corrected chi connectivity index (χ0v) is 28.3. The minimum atomic E-state index is -1.27. The highest BCUT2D eigenvalue weighted by Crippen LogP contribution is 2.67. The molecule has 5 aliphatic rings. The van der Waals surface area contributed by atoms with Crippen LogP contribution in [0.25, 0.3) is 0 Å². The summed E-state index contributed by atoms with van der Waals surface area (Å²) in [6.45, 7) is 11.8. The number of aliphatic hydroxyl groups excluding tert-OH is 3. The summed E-state index contributed by atoms with van der Waals surface area (Å²) in [4.78, 5) is 23.2. The number of ether oxygens (including phenoxy) is 4. The van der Waals surface area contributed by atoms with Gasteiger partial charge in [0.1, 0.15) is 17.8 Å². The van der Waals surface area contributed by atoms with Gasteiger partial charge in [-0.25, -0.2) is 0 Å². The Kier molecular flexibility index (Phi) is 10.5. The molecule has 0 amide bonds. The van der Waals surface area contributed by atoms with Crippen molar-refractivity contribution in [1.29, 1.82) is 0 Å². The Morgan fingerprint density at radius 2 is 1.84 bits per heavy atom. The summed E-state index contributed by atoms with van der Waals surface area (Å²) in [5, 5.41) is 31.6. The number of rotatable bonds is 10. The Balaban J connectivity index is 1.24. The molecule has 0 spiro atoms. The van der Waals surface area contributed by atoms with Crippen molar-refractivity contribution in [3.63, 3.8) is 0 Å². The second-order valence-electron chi connectivity index (χ2n) is 15.9. The Morgan fingerprint density at radius 1 is 1.09 bits per heavy atom. The number of carbonyl (C=O) groups excluding carboxylic acids is 2. The molecule has 3 saturated carbocycles. The number of hydrogen-bond acceptors (Lipinski definition) is 9. The van der Waals surface area contributed by atoms with Gasteiger partial charge in [-0.2, -0.15) is 0 Å². The molecule has 0 unspecified atom stereocenters. The van der Waals surface area contributed by atoms with Crippen molar-refractivity contribution in [3.05, 3.63) is 11.6 Å². The lowest BCUT2D eigenvalue weighted by Gasteiger charge is -2.59. The lowest BCUT2D eigenvalue weighted by Crippen LogP contribution is -2.57. The molecule has 1 saturated heterocycles. The van der Waals surface area contributed by atoms with Gasteiger partial charge in [0.2, 0.25) is 0 Å². The molecule has 0 aromatic rings. The average Bonchev–Trinajstić information content (AvgIpc) is 3.33. The number of hydrogen-bond donors (Lipinski definition) is 3. The normalized spacial score (nSPS) is 42.1. The molecule has 9 nitrogen and oxygen atoms in total. The number of allylic oxidation sites excluding steroid dienone is 1. The van der Waals surface area contributed by atoms with Crippen LogP contribution in [0, 0.1) is 40.4 Å². The van der Waals surface area contributed by atoms with E-state index in [1.807, 2.05) is 13.8 Å². The van der Waals surface area contributed by atoms with Crippen LogP contribution in [0.15, 0.2) is 11.6 Å². The third-order valence-electron chi connectivity index (χ3n) is 12.7. The van der Waals surface area contributed by atoms with Crippen LogP contribution in [0.5, 0.6) is 0 Å². The summed E-state index contributed by atoms with van der Waals surface area (Å²) in [7, 11) is 0. The summed E-state index contributed by atoms with van der Waals surface area (Å²) in [6.07, 6.45) is 9.00. The minimum absolute atomic E-state index is 0.0879. The maximum absolute atomic E-state index is 11.7. The monoisotopic (exact) mass is 634 g/mol. The first kappa shape index (κ1) is 34.8. The van der Waals surface area contributed by atoms with Crippen molar-refractivity contribution in [2.75, 3.05) is 13.2 Å². The van der Waals surface area contributed by atoms with E-state index in [1.54, 1.807) is 0 Å². The third-order valence-corrected chi connectivity index (χ3v) is 12.7. The predicted octanol–water partition coefficient (Wildman–Crippen LogP) is 5.08. The highest BCUT2D eigenvalue weighted by atomic mass is 16.7. The van der Waals surface area contributed by atoms with E-state index in [0.29, 0.717) is 41.4 Å². The average molecular weight is 635 g/mol. The molecule has 0 bridgehead atoms.